The predicted octanol–water partition coefficient (Wildman–Crippen LogP) is 6.01. The second-order valence-electron chi connectivity index (χ2n) is 5.65. The van der Waals surface area contributed by atoms with Gasteiger partial charge in [0.05, 0.1) is 0 Å². The monoisotopic (exact) mass is 266 g/mol. The summed E-state index contributed by atoms with van der Waals surface area (Å²) in [6, 6.07) is 0. The second-order valence-corrected chi connectivity index (χ2v) is 8.33. The van der Waals surface area contributed by atoms with Crippen molar-refractivity contribution in [2.75, 3.05) is 6.16 Å². The van der Waals surface area contributed by atoms with E-state index in [1.165, 1.54) is 63.1 Å². The lowest BCUT2D eigenvalue weighted by molar-refractivity contribution is 0.586. The Hall–Kier alpha value is -0.220. The van der Waals surface area contributed by atoms with Crippen molar-refractivity contribution in [3.8, 4) is 0 Å². The maximum atomic E-state index is 2.50. The summed E-state index contributed by atoms with van der Waals surface area (Å²) in [7, 11) is -0.300. The summed E-state index contributed by atoms with van der Waals surface area (Å²) in [5.74, 6) is 2.50. The van der Waals surface area contributed by atoms with Crippen LogP contribution in [0.5, 0.6) is 0 Å². The van der Waals surface area contributed by atoms with E-state index in [9.17, 15) is 0 Å². The van der Waals surface area contributed by atoms with E-state index in [0.29, 0.717) is 0 Å². The lowest BCUT2D eigenvalue weighted by Crippen LogP contribution is -1.89. The van der Waals surface area contributed by atoms with E-state index < -0.39 is 0 Å². The highest BCUT2D eigenvalue weighted by Gasteiger charge is 2.02. The summed E-state index contributed by atoms with van der Waals surface area (Å²) in [6.45, 7) is 6.82. The first-order valence-corrected chi connectivity index (χ1v) is 9.58. The molecule has 0 N–H and O–H groups in total. The molecule has 0 spiro atoms. The van der Waals surface area contributed by atoms with Crippen LogP contribution < -0.4 is 0 Å². The average Bonchev–Trinajstić information content (AvgIpc) is 2.35. The van der Waals surface area contributed by atoms with Crippen LogP contribution in [0.25, 0.3) is 0 Å². The van der Waals surface area contributed by atoms with Gasteiger partial charge in [-0.05, 0) is 26.4 Å². The zero-order valence-corrected chi connectivity index (χ0v) is 13.6. The average molecular weight is 266 g/mol. The Morgan fingerprint density at radius 1 is 0.889 bits per heavy atom. The number of hydrogen-bond donors (Lipinski definition) is 0. The largest absolute Gasteiger partial charge is 0.0942 e. The Balaban J connectivity index is 2.04. The Bertz CT molecular complexity index is 321. The molecule has 0 bridgehead atoms. The highest BCUT2D eigenvalue weighted by Crippen LogP contribution is 2.37. The first-order valence-electron chi connectivity index (χ1n) is 7.80. The zero-order valence-electron chi connectivity index (χ0n) is 12.6. The van der Waals surface area contributed by atoms with Gasteiger partial charge in [-0.15, -0.1) is 0 Å². The first-order chi connectivity index (χ1) is 8.74. The maximum absolute atomic E-state index is 2.50. The normalized spacial score (nSPS) is 19.2. The van der Waals surface area contributed by atoms with Crippen LogP contribution in [0, 0.1) is 0 Å². The van der Waals surface area contributed by atoms with Gasteiger partial charge in [0.25, 0.3) is 0 Å². The van der Waals surface area contributed by atoms with Gasteiger partial charge in [0.15, 0.2) is 0 Å². The molecule has 0 aromatic carbocycles. The van der Waals surface area contributed by atoms with Crippen molar-refractivity contribution in [3.63, 3.8) is 0 Å². The van der Waals surface area contributed by atoms with Crippen LogP contribution in [0.2, 0.25) is 0 Å². The molecule has 1 heterocycles. The van der Waals surface area contributed by atoms with E-state index in [1.54, 1.807) is 5.31 Å². The van der Waals surface area contributed by atoms with E-state index in [-0.39, 0.29) is 7.55 Å². The highest BCUT2D eigenvalue weighted by atomic mass is 31.1. The Kier molecular flexibility index (Phi) is 8.51. The van der Waals surface area contributed by atoms with E-state index in [1.807, 2.05) is 0 Å². The fourth-order valence-electron chi connectivity index (χ4n) is 2.58. The van der Waals surface area contributed by atoms with E-state index in [0.717, 1.165) is 0 Å². The van der Waals surface area contributed by atoms with Crippen molar-refractivity contribution < 1.29 is 0 Å². The molecule has 0 aliphatic carbocycles. The standard InChI is InChI=1S/C17H31P/c1-4-5-6-7-8-9-10-11-13-18-14-12-16(2)15-17(18)3/h12,14-15,18H,4-11,13H2,1-3H3. The molecule has 1 rings (SSSR count). The third-order valence-corrected chi connectivity index (χ3v) is 6.42. The molecule has 104 valence electrons. The summed E-state index contributed by atoms with van der Waals surface area (Å²) in [6.07, 6.45) is 17.7. The summed E-state index contributed by atoms with van der Waals surface area (Å²) in [4.78, 5) is 0. The van der Waals surface area contributed by atoms with Gasteiger partial charge < -0.3 is 0 Å². The van der Waals surface area contributed by atoms with Crippen LogP contribution in [0.4, 0.5) is 0 Å². The molecule has 0 nitrogen and oxygen atoms in total. The maximum Gasteiger partial charge on any atom is -0.0318 e. The molecule has 1 aliphatic heterocycles. The SMILES string of the molecule is CCCCCCCCCC[PH]1=CC=C(C)C=C1C. The predicted molar refractivity (Wildman–Crippen MR) is 89.4 cm³/mol. The van der Waals surface area contributed by atoms with Crippen molar-refractivity contribution in [1.82, 2.24) is 0 Å². The van der Waals surface area contributed by atoms with Gasteiger partial charge in [-0.25, -0.2) is 0 Å². The fraction of sp³-hybridized carbons (Fsp3) is 0.706. The molecule has 1 unspecified atom stereocenters. The molecule has 18 heavy (non-hydrogen) atoms. The quantitative estimate of drug-likeness (QED) is 0.354. The fourth-order valence-corrected chi connectivity index (χ4v) is 4.91. The molecule has 0 aromatic heterocycles. The van der Waals surface area contributed by atoms with Crippen LogP contribution in [0.1, 0.15) is 72.1 Å². The van der Waals surface area contributed by atoms with Crippen LogP contribution in [-0.4, -0.2) is 12.0 Å². The number of allylic oxidation sites excluding steroid dienone is 4. The van der Waals surface area contributed by atoms with Crippen molar-refractivity contribution in [2.45, 2.75) is 72.1 Å². The zero-order chi connectivity index (χ0) is 13.2. The summed E-state index contributed by atoms with van der Waals surface area (Å²) in [5.41, 5.74) is 1.43. The molecule has 1 aliphatic rings. The third-order valence-electron chi connectivity index (χ3n) is 3.80. The van der Waals surface area contributed by atoms with Crippen molar-refractivity contribution in [3.05, 3.63) is 23.0 Å². The van der Waals surface area contributed by atoms with Gasteiger partial charge in [0, 0.05) is 0 Å². The Morgan fingerprint density at radius 3 is 2.11 bits per heavy atom. The van der Waals surface area contributed by atoms with Crippen LogP contribution in [-0.2, 0) is 0 Å². The summed E-state index contributed by atoms with van der Waals surface area (Å²) >= 11 is 0. The smallest absolute Gasteiger partial charge is 0.0318 e. The van der Waals surface area contributed by atoms with Crippen molar-refractivity contribution in [2.24, 2.45) is 0 Å². The highest BCUT2D eigenvalue weighted by molar-refractivity contribution is 7.61. The minimum Gasteiger partial charge on any atom is -0.0942 e. The topological polar surface area (TPSA) is 0 Å². The van der Waals surface area contributed by atoms with Gasteiger partial charge in [0.2, 0.25) is 0 Å². The molecular weight excluding hydrogens is 235 g/mol. The van der Waals surface area contributed by atoms with E-state index in [2.05, 4.69) is 38.7 Å². The third kappa shape index (κ3) is 6.64. The molecule has 0 amide bonds. The van der Waals surface area contributed by atoms with Gasteiger partial charge in [-0.3, -0.25) is 0 Å². The lowest BCUT2D eigenvalue weighted by Gasteiger charge is -2.13. The van der Waals surface area contributed by atoms with Crippen LogP contribution in [0.15, 0.2) is 23.0 Å². The lowest BCUT2D eigenvalue weighted by atomic mass is 10.1. The van der Waals surface area contributed by atoms with Crippen molar-refractivity contribution >= 4 is 13.3 Å². The van der Waals surface area contributed by atoms with Crippen LogP contribution in [0.3, 0.4) is 0 Å². The Morgan fingerprint density at radius 2 is 1.50 bits per heavy atom. The van der Waals surface area contributed by atoms with Gasteiger partial charge in [0.1, 0.15) is 0 Å². The summed E-state index contributed by atoms with van der Waals surface area (Å²) < 4.78 is 0. The van der Waals surface area contributed by atoms with Gasteiger partial charge >= 0.3 is 0 Å². The Labute approximate surface area is 115 Å². The minimum absolute atomic E-state index is 0.300. The minimum atomic E-state index is -0.300. The molecular formula is C17H31P. The number of unbranched alkanes of at least 4 members (excludes halogenated alkanes) is 7. The first kappa shape index (κ1) is 15.8. The molecule has 1 atom stereocenters. The second kappa shape index (κ2) is 9.68. The molecule has 0 fully saturated rings. The van der Waals surface area contributed by atoms with Crippen molar-refractivity contribution in [1.29, 1.82) is 0 Å². The number of rotatable bonds is 9. The molecule has 0 radical (unpaired) electrons. The van der Waals surface area contributed by atoms with Gasteiger partial charge in [-0.2, -0.15) is 0 Å². The van der Waals surface area contributed by atoms with E-state index >= 15 is 0 Å². The molecule has 0 saturated heterocycles. The van der Waals surface area contributed by atoms with Gasteiger partial charge in [-0.1, -0.05) is 88.3 Å². The molecule has 1 heteroatoms. The van der Waals surface area contributed by atoms with Crippen LogP contribution >= 0.6 is 7.55 Å². The van der Waals surface area contributed by atoms with E-state index in [4.69, 9.17) is 0 Å². The molecule has 0 saturated carbocycles. The molecule has 0 aromatic rings. The number of hydrogen-bond acceptors (Lipinski definition) is 0. The summed E-state index contributed by atoms with van der Waals surface area (Å²) in [5, 5.41) is 1.66.